The average Bonchev–Trinajstić information content (AvgIpc) is 3.13. The van der Waals surface area contributed by atoms with Crippen LogP contribution in [0.3, 0.4) is 0 Å². The highest BCUT2D eigenvalue weighted by Crippen LogP contribution is 2.35. The van der Waals surface area contributed by atoms with Crippen molar-refractivity contribution in [2.45, 2.75) is 31.9 Å². The topological polar surface area (TPSA) is 89.3 Å². The summed E-state index contributed by atoms with van der Waals surface area (Å²) in [5.74, 6) is 0.450. The molecule has 26 heavy (non-hydrogen) atoms. The molecule has 8 heteroatoms. The number of ether oxygens (including phenoxy) is 1. The van der Waals surface area contributed by atoms with Crippen LogP contribution in [0.4, 0.5) is 0 Å². The first-order chi connectivity index (χ1) is 12.5. The number of rotatable bonds is 6. The van der Waals surface area contributed by atoms with E-state index in [-0.39, 0.29) is 12.5 Å². The fraction of sp³-hybridized carbons (Fsp3) is 0.389. The Morgan fingerprint density at radius 3 is 2.92 bits per heavy atom. The summed E-state index contributed by atoms with van der Waals surface area (Å²) < 4.78 is 7.43. The van der Waals surface area contributed by atoms with E-state index < -0.39 is 5.54 Å². The molecule has 2 aromatic heterocycles. The highest BCUT2D eigenvalue weighted by atomic mass is 32.1. The minimum Gasteiger partial charge on any atom is -0.488 e. The minimum absolute atomic E-state index is 0.0445. The third-order valence-corrected chi connectivity index (χ3v) is 5.49. The molecule has 7 nitrogen and oxygen atoms in total. The number of benzene rings is 1. The summed E-state index contributed by atoms with van der Waals surface area (Å²) in [4.78, 5) is 18.0. The number of fused-ring (bicyclic) bond motifs is 1. The SMILES string of the molecule is Cc1ncc(COc2ccc3nn(C)c(C(=O)NC4(CO)CC4)c3c2)s1. The van der Waals surface area contributed by atoms with Gasteiger partial charge in [0, 0.05) is 18.6 Å². The Bertz CT molecular complexity index is 974. The summed E-state index contributed by atoms with van der Waals surface area (Å²) in [6.07, 6.45) is 3.41. The van der Waals surface area contributed by atoms with E-state index in [9.17, 15) is 9.90 Å². The van der Waals surface area contributed by atoms with E-state index in [1.165, 1.54) is 0 Å². The number of aryl methyl sites for hydroxylation is 2. The van der Waals surface area contributed by atoms with Crippen LogP contribution < -0.4 is 10.1 Å². The van der Waals surface area contributed by atoms with Crippen molar-refractivity contribution in [2.24, 2.45) is 7.05 Å². The number of nitrogens with one attached hydrogen (secondary N) is 1. The van der Waals surface area contributed by atoms with Gasteiger partial charge in [-0.25, -0.2) is 4.98 Å². The Morgan fingerprint density at radius 1 is 1.46 bits per heavy atom. The second-order valence-corrected chi connectivity index (χ2v) is 8.00. The van der Waals surface area contributed by atoms with E-state index in [2.05, 4.69) is 15.4 Å². The van der Waals surface area contributed by atoms with Crippen LogP contribution in [0.25, 0.3) is 10.9 Å². The number of hydrogen-bond donors (Lipinski definition) is 2. The Hall–Kier alpha value is -2.45. The van der Waals surface area contributed by atoms with Gasteiger partial charge in [0.15, 0.2) is 0 Å². The van der Waals surface area contributed by atoms with Crippen LogP contribution in [0.2, 0.25) is 0 Å². The molecule has 0 unspecified atom stereocenters. The van der Waals surface area contributed by atoms with Gasteiger partial charge in [0.2, 0.25) is 0 Å². The Balaban J connectivity index is 1.59. The second-order valence-electron chi connectivity index (χ2n) is 6.68. The number of aliphatic hydroxyl groups excluding tert-OH is 1. The molecule has 1 fully saturated rings. The lowest BCUT2D eigenvalue weighted by Crippen LogP contribution is -2.40. The monoisotopic (exact) mass is 372 g/mol. The molecule has 0 atom stereocenters. The third kappa shape index (κ3) is 3.17. The molecule has 2 N–H and O–H groups in total. The summed E-state index contributed by atoms with van der Waals surface area (Å²) in [5.41, 5.74) is 0.734. The lowest BCUT2D eigenvalue weighted by molar-refractivity contribution is 0.0899. The van der Waals surface area contributed by atoms with Crippen LogP contribution in [0, 0.1) is 6.92 Å². The Kier molecular flexibility index (Phi) is 4.16. The maximum atomic E-state index is 12.7. The number of nitrogens with zero attached hydrogens (tertiary/aromatic N) is 3. The smallest absolute Gasteiger partial charge is 0.270 e. The van der Waals surface area contributed by atoms with Crippen LogP contribution in [0.15, 0.2) is 24.4 Å². The van der Waals surface area contributed by atoms with Crippen molar-refractivity contribution in [1.82, 2.24) is 20.1 Å². The van der Waals surface area contributed by atoms with E-state index in [1.54, 1.807) is 23.1 Å². The van der Waals surface area contributed by atoms with Crippen molar-refractivity contribution in [3.05, 3.63) is 40.0 Å². The number of amides is 1. The van der Waals surface area contributed by atoms with Gasteiger partial charge in [0.25, 0.3) is 5.91 Å². The van der Waals surface area contributed by atoms with Gasteiger partial charge in [-0.05, 0) is 38.0 Å². The second kappa shape index (κ2) is 6.37. The largest absolute Gasteiger partial charge is 0.488 e. The predicted octanol–water partition coefficient (Wildman–Crippen LogP) is 2.17. The average molecular weight is 372 g/mol. The van der Waals surface area contributed by atoms with Gasteiger partial charge >= 0.3 is 0 Å². The molecule has 0 bridgehead atoms. The quantitative estimate of drug-likeness (QED) is 0.692. The molecular weight excluding hydrogens is 352 g/mol. The molecule has 1 aliphatic rings. The first kappa shape index (κ1) is 17.0. The number of hydrogen-bond acceptors (Lipinski definition) is 6. The molecule has 0 saturated heterocycles. The van der Waals surface area contributed by atoms with E-state index >= 15 is 0 Å². The van der Waals surface area contributed by atoms with Gasteiger partial charge < -0.3 is 15.2 Å². The van der Waals surface area contributed by atoms with Crippen molar-refractivity contribution in [3.8, 4) is 5.75 Å². The molecule has 0 radical (unpaired) electrons. The van der Waals surface area contributed by atoms with Gasteiger partial charge in [-0.1, -0.05) is 0 Å². The maximum absolute atomic E-state index is 12.7. The molecule has 4 rings (SSSR count). The predicted molar refractivity (Wildman–Crippen MR) is 98.4 cm³/mol. The van der Waals surface area contributed by atoms with Gasteiger partial charge in [-0.2, -0.15) is 5.10 Å². The van der Waals surface area contributed by atoms with Crippen LogP contribution in [-0.2, 0) is 13.7 Å². The number of aromatic nitrogens is 3. The van der Waals surface area contributed by atoms with Gasteiger partial charge in [0.1, 0.15) is 18.1 Å². The molecule has 1 aliphatic carbocycles. The zero-order chi connectivity index (χ0) is 18.3. The number of aliphatic hydroxyl groups is 1. The Morgan fingerprint density at radius 2 is 2.27 bits per heavy atom. The molecule has 1 amide bonds. The first-order valence-corrected chi connectivity index (χ1v) is 9.26. The summed E-state index contributed by atoms with van der Waals surface area (Å²) >= 11 is 1.60. The van der Waals surface area contributed by atoms with Crippen LogP contribution in [-0.4, -0.2) is 37.9 Å². The maximum Gasteiger partial charge on any atom is 0.270 e. The molecule has 2 heterocycles. The highest BCUT2D eigenvalue weighted by molar-refractivity contribution is 7.11. The van der Waals surface area contributed by atoms with Crippen molar-refractivity contribution >= 4 is 28.1 Å². The fourth-order valence-electron chi connectivity index (χ4n) is 2.94. The fourth-order valence-corrected chi connectivity index (χ4v) is 3.65. The first-order valence-electron chi connectivity index (χ1n) is 8.44. The zero-order valence-electron chi connectivity index (χ0n) is 14.7. The minimum atomic E-state index is -0.466. The van der Waals surface area contributed by atoms with Gasteiger partial charge in [-0.3, -0.25) is 9.48 Å². The lowest BCUT2D eigenvalue weighted by atomic mass is 10.1. The molecule has 0 aliphatic heterocycles. The third-order valence-electron chi connectivity index (χ3n) is 4.60. The van der Waals surface area contributed by atoms with Gasteiger partial charge in [0.05, 0.1) is 27.5 Å². The number of carbonyl (C=O) groups excluding carboxylic acids is 1. The van der Waals surface area contributed by atoms with Crippen LogP contribution in [0.1, 0.15) is 33.2 Å². The lowest BCUT2D eigenvalue weighted by Gasteiger charge is -2.14. The van der Waals surface area contributed by atoms with E-state index in [0.29, 0.717) is 18.1 Å². The van der Waals surface area contributed by atoms with Crippen LogP contribution in [0.5, 0.6) is 5.75 Å². The molecule has 0 spiro atoms. The normalized spacial score (nSPS) is 15.2. The van der Waals surface area contributed by atoms with Crippen molar-refractivity contribution in [3.63, 3.8) is 0 Å². The van der Waals surface area contributed by atoms with E-state index in [4.69, 9.17) is 4.74 Å². The Labute approximate surface area is 154 Å². The molecular formula is C18H20N4O3S. The van der Waals surface area contributed by atoms with Gasteiger partial charge in [-0.15, -0.1) is 11.3 Å². The number of carbonyl (C=O) groups is 1. The summed E-state index contributed by atoms with van der Waals surface area (Å²) in [6.45, 7) is 2.35. The summed E-state index contributed by atoms with van der Waals surface area (Å²) in [7, 11) is 1.74. The van der Waals surface area contributed by atoms with Crippen molar-refractivity contribution < 1.29 is 14.6 Å². The summed E-state index contributed by atoms with van der Waals surface area (Å²) in [6, 6.07) is 5.53. The molecule has 136 valence electrons. The molecule has 3 aromatic rings. The molecule has 1 saturated carbocycles. The zero-order valence-corrected chi connectivity index (χ0v) is 15.5. The summed E-state index contributed by atoms with van der Waals surface area (Å²) in [5, 5.41) is 18.5. The molecule has 1 aromatic carbocycles. The standard InChI is InChI=1S/C18H20N4O3S/c1-11-19-8-13(26-11)9-25-12-3-4-15-14(7-12)16(22(2)21-15)17(24)20-18(10-23)5-6-18/h3-4,7-8,23H,5-6,9-10H2,1-2H3,(H,20,24). The van der Waals surface area contributed by atoms with E-state index in [0.717, 1.165) is 33.6 Å². The highest BCUT2D eigenvalue weighted by Gasteiger charge is 2.44. The number of thiazole rings is 1. The van der Waals surface area contributed by atoms with Crippen molar-refractivity contribution in [1.29, 1.82) is 0 Å². The van der Waals surface area contributed by atoms with Crippen LogP contribution >= 0.6 is 11.3 Å². The van der Waals surface area contributed by atoms with Crippen molar-refractivity contribution in [2.75, 3.05) is 6.61 Å². The van der Waals surface area contributed by atoms with E-state index in [1.807, 2.05) is 31.3 Å².